The number of rotatable bonds is 5. The summed E-state index contributed by atoms with van der Waals surface area (Å²) in [5, 5.41) is 7.77. The quantitative estimate of drug-likeness (QED) is 0.841. The van der Waals surface area contributed by atoms with Gasteiger partial charge in [0.25, 0.3) is 0 Å². The Morgan fingerprint density at radius 2 is 1.74 bits per heavy atom. The second-order valence-electron chi connectivity index (χ2n) is 4.02. The van der Waals surface area contributed by atoms with Gasteiger partial charge in [0.05, 0.1) is 4.90 Å². The Balaban J connectivity index is 2.62. The lowest BCUT2D eigenvalue weighted by Gasteiger charge is -2.19. The molecule has 1 rings (SSSR count). The molecule has 6 nitrogen and oxygen atoms in total. The summed E-state index contributed by atoms with van der Waals surface area (Å²) in [5.74, 6) is 0. The molecular weight excluding hydrogens is 266 g/mol. The number of nitrogens with zero attached hydrogens (tertiary/aromatic N) is 1. The van der Waals surface area contributed by atoms with E-state index < -0.39 is 10.0 Å². The molecule has 0 spiro atoms. The molecule has 0 atom stereocenters. The smallest absolute Gasteiger partial charge is 0.317 e. The molecule has 0 heterocycles. The zero-order chi connectivity index (χ0) is 14.5. The van der Waals surface area contributed by atoms with E-state index in [9.17, 15) is 13.2 Å². The van der Waals surface area contributed by atoms with Crippen molar-refractivity contribution in [1.82, 2.24) is 10.2 Å². The maximum atomic E-state index is 11.7. The molecule has 0 unspecified atom stereocenters. The fourth-order valence-corrected chi connectivity index (χ4v) is 2.11. The van der Waals surface area contributed by atoms with Crippen LogP contribution in [-0.4, -0.2) is 32.4 Å². The van der Waals surface area contributed by atoms with Gasteiger partial charge in [0, 0.05) is 19.6 Å². The standard InChI is InChI=1S/C12H19N3O3S/c1-3-15(4-2)12(16)14-9-10-5-7-11(8-6-10)19(13,17)18/h5-8H,3-4,9H2,1-2H3,(H,14,16)(H2,13,17,18). The van der Waals surface area contributed by atoms with Gasteiger partial charge >= 0.3 is 6.03 Å². The first-order chi connectivity index (χ1) is 8.88. The summed E-state index contributed by atoms with van der Waals surface area (Å²) in [7, 11) is -3.67. The van der Waals surface area contributed by atoms with Gasteiger partial charge in [0.2, 0.25) is 10.0 Å². The fraction of sp³-hybridized carbons (Fsp3) is 0.417. The van der Waals surface area contributed by atoms with Crippen molar-refractivity contribution in [1.29, 1.82) is 0 Å². The zero-order valence-corrected chi connectivity index (χ0v) is 11.9. The van der Waals surface area contributed by atoms with Crippen molar-refractivity contribution in [2.24, 2.45) is 5.14 Å². The van der Waals surface area contributed by atoms with Gasteiger partial charge in [-0.2, -0.15) is 0 Å². The zero-order valence-electron chi connectivity index (χ0n) is 11.1. The van der Waals surface area contributed by atoms with Crippen LogP contribution in [0.4, 0.5) is 4.79 Å². The van der Waals surface area contributed by atoms with Gasteiger partial charge in [-0.25, -0.2) is 18.4 Å². The molecule has 2 amide bonds. The van der Waals surface area contributed by atoms with E-state index in [4.69, 9.17) is 5.14 Å². The van der Waals surface area contributed by atoms with Crippen LogP contribution in [0.5, 0.6) is 0 Å². The largest absolute Gasteiger partial charge is 0.334 e. The van der Waals surface area contributed by atoms with Gasteiger partial charge in [0.15, 0.2) is 0 Å². The minimum Gasteiger partial charge on any atom is -0.334 e. The molecular formula is C12H19N3O3S. The number of urea groups is 1. The number of benzene rings is 1. The van der Waals surface area contributed by atoms with Crippen LogP contribution >= 0.6 is 0 Å². The predicted octanol–water partition coefficient (Wildman–Crippen LogP) is 0.885. The van der Waals surface area contributed by atoms with Crippen molar-refractivity contribution in [3.05, 3.63) is 29.8 Å². The van der Waals surface area contributed by atoms with Crippen molar-refractivity contribution < 1.29 is 13.2 Å². The number of nitrogens with one attached hydrogen (secondary N) is 1. The number of amides is 2. The molecule has 0 aliphatic rings. The van der Waals surface area contributed by atoms with E-state index >= 15 is 0 Å². The van der Waals surface area contributed by atoms with Crippen LogP contribution in [0, 0.1) is 0 Å². The summed E-state index contributed by atoms with van der Waals surface area (Å²) in [4.78, 5) is 13.4. The van der Waals surface area contributed by atoms with E-state index in [1.54, 1.807) is 17.0 Å². The van der Waals surface area contributed by atoms with Crippen LogP contribution in [0.3, 0.4) is 0 Å². The van der Waals surface area contributed by atoms with Crippen LogP contribution < -0.4 is 10.5 Å². The molecule has 0 aromatic heterocycles. The predicted molar refractivity (Wildman–Crippen MR) is 73.0 cm³/mol. The topological polar surface area (TPSA) is 92.5 Å². The highest BCUT2D eigenvalue weighted by atomic mass is 32.2. The Morgan fingerprint density at radius 3 is 2.16 bits per heavy atom. The first kappa shape index (κ1) is 15.5. The molecule has 3 N–H and O–H groups in total. The number of carbonyl (C=O) groups is 1. The number of nitrogens with two attached hydrogens (primary N) is 1. The number of sulfonamides is 1. The minimum atomic E-state index is -3.67. The number of hydrogen-bond donors (Lipinski definition) is 2. The molecule has 7 heteroatoms. The average Bonchev–Trinajstić information content (AvgIpc) is 2.37. The maximum absolute atomic E-state index is 11.7. The third-order valence-electron chi connectivity index (χ3n) is 2.75. The van der Waals surface area contributed by atoms with E-state index in [2.05, 4.69) is 5.32 Å². The van der Waals surface area contributed by atoms with Crippen molar-refractivity contribution in [3.63, 3.8) is 0 Å². The average molecular weight is 285 g/mol. The van der Waals surface area contributed by atoms with Gasteiger partial charge in [-0.15, -0.1) is 0 Å². The van der Waals surface area contributed by atoms with Crippen LogP contribution in [0.2, 0.25) is 0 Å². The Bertz CT molecular complexity index is 522. The lowest BCUT2D eigenvalue weighted by Crippen LogP contribution is -2.39. The van der Waals surface area contributed by atoms with Gasteiger partial charge < -0.3 is 10.2 Å². The maximum Gasteiger partial charge on any atom is 0.317 e. The monoisotopic (exact) mass is 285 g/mol. The number of carbonyl (C=O) groups excluding carboxylic acids is 1. The van der Waals surface area contributed by atoms with Gasteiger partial charge in [0.1, 0.15) is 0 Å². The van der Waals surface area contributed by atoms with Crippen molar-refractivity contribution >= 4 is 16.1 Å². The van der Waals surface area contributed by atoms with Gasteiger partial charge in [-0.1, -0.05) is 12.1 Å². The first-order valence-corrected chi connectivity index (χ1v) is 7.57. The lowest BCUT2D eigenvalue weighted by atomic mass is 10.2. The SMILES string of the molecule is CCN(CC)C(=O)NCc1ccc(S(N)(=O)=O)cc1. The third kappa shape index (κ3) is 4.53. The Labute approximate surface area is 113 Å². The third-order valence-corrected chi connectivity index (χ3v) is 3.68. The normalized spacial score (nSPS) is 11.1. The Morgan fingerprint density at radius 1 is 1.21 bits per heavy atom. The number of primary sulfonamides is 1. The molecule has 0 saturated heterocycles. The molecule has 0 saturated carbocycles. The van der Waals surface area contributed by atoms with Crippen molar-refractivity contribution in [3.8, 4) is 0 Å². The Hall–Kier alpha value is -1.60. The van der Waals surface area contributed by atoms with E-state index in [1.165, 1.54) is 12.1 Å². The van der Waals surface area contributed by atoms with Crippen LogP contribution in [0.15, 0.2) is 29.2 Å². The van der Waals surface area contributed by atoms with E-state index in [0.717, 1.165) is 5.56 Å². The highest BCUT2D eigenvalue weighted by Gasteiger charge is 2.09. The summed E-state index contributed by atoms with van der Waals surface area (Å²) in [6.45, 7) is 5.45. The fourth-order valence-electron chi connectivity index (χ4n) is 1.60. The van der Waals surface area contributed by atoms with Crippen LogP contribution in [0.25, 0.3) is 0 Å². The summed E-state index contributed by atoms with van der Waals surface area (Å²) >= 11 is 0. The highest BCUT2D eigenvalue weighted by Crippen LogP contribution is 2.08. The Kier molecular flexibility index (Phi) is 5.31. The molecule has 0 bridgehead atoms. The van der Waals surface area contributed by atoms with Crippen molar-refractivity contribution in [2.75, 3.05) is 13.1 Å². The molecule has 0 fully saturated rings. The highest BCUT2D eigenvalue weighted by molar-refractivity contribution is 7.89. The molecule has 0 aliphatic heterocycles. The van der Waals surface area contributed by atoms with E-state index in [1.807, 2.05) is 13.8 Å². The van der Waals surface area contributed by atoms with Crippen LogP contribution in [0.1, 0.15) is 19.4 Å². The molecule has 1 aromatic rings. The van der Waals surface area contributed by atoms with E-state index in [0.29, 0.717) is 19.6 Å². The second-order valence-corrected chi connectivity index (χ2v) is 5.58. The summed E-state index contributed by atoms with van der Waals surface area (Å²) in [6, 6.07) is 5.97. The molecule has 0 radical (unpaired) electrons. The summed E-state index contributed by atoms with van der Waals surface area (Å²) in [5.41, 5.74) is 0.813. The number of hydrogen-bond acceptors (Lipinski definition) is 3. The summed E-state index contributed by atoms with van der Waals surface area (Å²) in [6.07, 6.45) is 0. The molecule has 106 valence electrons. The molecule has 19 heavy (non-hydrogen) atoms. The van der Waals surface area contributed by atoms with Gasteiger partial charge in [-0.05, 0) is 31.5 Å². The summed E-state index contributed by atoms with van der Waals surface area (Å²) < 4.78 is 22.2. The molecule has 1 aromatic carbocycles. The van der Waals surface area contributed by atoms with Crippen molar-refractivity contribution in [2.45, 2.75) is 25.3 Å². The second kappa shape index (κ2) is 6.53. The van der Waals surface area contributed by atoms with E-state index in [-0.39, 0.29) is 10.9 Å². The molecule has 0 aliphatic carbocycles. The van der Waals surface area contributed by atoms with Gasteiger partial charge in [-0.3, -0.25) is 0 Å². The minimum absolute atomic E-state index is 0.0614. The van der Waals surface area contributed by atoms with Crippen LogP contribution in [-0.2, 0) is 16.6 Å². The first-order valence-electron chi connectivity index (χ1n) is 6.03. The lowest BCUT2D eigenvalue weighted by molar-refractivity contribution is 0.203.